The maximum Gasteiger partial charge on any atom is 0.253 e. The molecule has 0 bridgehead atoms. The Morgan fingerprint density at radius 1 is 1.04 bits per heavy atom. The molecule has 0 aromatic heterocycles. The third-order valence-corrected chi connectivity index (χ3v) is 5.19. The average molecular weight is 346 g/mol. The highest BCUT2D eigenvalue weighted by Gasteiger charge is 2.28. The van der Waals surface area contributed by atoms with Gasteiger partial charge in [0.25, 0.3) is 5.91 Å². The molecule has 2 aromatic rings. The van der Waals surface area contributed by atoms with E-state index in [1.807, 2.05) is 30.3 Å². The number of carbonyl (C=O) groups is 1. The van der Waals surface area contributed by atoms with Gasteiger partial charge in [0.15, 0.2) is 0 Å². The molecule has 24 heavy (non-hydrogen) atoms. The Morgan fingerprint density at radius 3 is 2.33 bits per heavy atom. The summed E-state index contributed by atoms with van der Waals surface area (Å²) in [6.07, 6.45) is -0.401. The first-order valence-corrected chi connectivity index (χ1v) is 9.06. The monoisotopic (exact) mass is 346 g/mol. The molecule has 1 aliphatic rings. The van der Waals surface area contributed by atoms with Crippen LogP contribution in [0.15, 0.2) is 65.6 Å². The number of carbonyl (C=O) groups excluding carboxylic acids is 1. The molecule has 0 spiro atoms. The number of morpholine rings is 1. The number of amides is 1. The zero-order valence-electron chi connectivity index (χ0n) is 13.0. The van der Waals surface area contributed by atoms with Crippen LogP contribution in [-0.2, 0) is 19.6 Å². The fourth-order valence-corrected chi connectivity index (χ4v) is 3.58. The van der Waals surface area contributed by atoms with Gasteiger partial charge in [-0.25, -0.2) is 13.1 Å². The quantitative estimate of drug-likeness (QED) is 0.888. The van der Waals surface area contributed by atoms with Crippen molar-refractivity contribution >= 4 is 21.6 Å². The summed E-state index contributed by atoms with van der Waals surface area (Å²) in [6.45, 7) is 0.348. The number of benzene rings is 2. The van der Waals surface area contributed by atoms with Crippen molar-refractivity contribution in [1.29, 1.82) is 0 Å². The Hall–Kier alpha value is -2.22. The second-order valence-corrected chi connectivity index (χ2v) is 7.20. The standard InChI is InChI=1S/C17H18N2O4S/c20-17-13-23-15(12-19(17)14-7-3-1-4-8-14)11-18-24(21,22)16-9-5-2-6-10-16/h1-10,15,18H,11-13H2. The first kappa shape index (κ1) is 16.6. The summed E-state index contributed by atoms with van der Waals surface area (Å²) >= 11 is 0. The van der Waals surface area contributed by atoms with E-state index in [-0.39, 0.29) is 24.0 Å². The molecule has 0 aliphatic carbocycles. The van der Waals surface area contributed by atoms with E-state index in [1.165, 1.54) is 12.1 Å². The van der Waals surface area contributed by atoms with Crippen molar-refractivity contribution < 1.29 is 17.9 Å². The number of rotatable bonds is 5. The highest BCUT2D eigenvalue weighted by molar-refractivity contribution is 7.89. The van der Waals surface area contributed by atoms with Crippen molar-refractivity contribution in [2.24, 2.45) is 0 Å². The fourth-order valence-electron chi connectivity index (χ4n) is 2.49. The Morgan fingerprint density at radius 2 is 1.67 bits per heavy atom. The van der Waals surface area contributed by atoms with E-state index in [1.54, 1.807) is 23.1 Å². The van der Waals surface area contributed by atoms with E-state index in [0.29, 0.717) is 6.54 Å². The minimum atomic E-state index is -3.59. The predicted molar refractivity (Wildman–Crippen MR) is 90.2 cm³/mol. The van der Waals surface area contributed by atoms with E-state index < -0.39 is 16.1 Å². The van der Waals surface area contributed by atoms with Crippen LogP contribution in [0.25, 0.3) is 0 Å². The van der Waals surface area contributed by atoms with E-state index in [9.17, 15) is 13.2 Å². The minimum absolute atomic E-state index is 0.0629. The molecule has 1 unspecified atom stereocenters. The first-order chi connectivity index (χ1) is 11.6. The smallest absolute Gasteiger partial charge is 0.253 e. The molecule has 1 amide bonds. The summed E-state index contributed by atoms with van der Waals surface area (Å²) in [5.41, 5.74) is 0.779. The third kappa shape index (κ3) is 3.81. The van der Waals surface area contributed by atoms with Crippen LogP contribution in [0, 0.1) is 0 Å². The number of nitrogens with one attached hydrogen (secondary N) is 1. The van der Waals surface area contributed by atoms with Crippen LogP contribution in [-0.4, -0.2) is 40.1 Å². The van der Waals surface area contributed by atoms with Gasteiger partial charge in [-0.1, -0.05) is 36.4 Å². The number of hydrogen-bond donors (Lipinski definition) is 1. The van der Waals surface area contributed by atoms with Crippen LogP contribution in [0.1, 0.15) is 0 Å². The topological polar surface area (TPSA) is 75.7 Å². The van der Waals surface area contributed by atoms with Crippen LogP contribution in [0.5, 0.6) is 0 Å². The van der Waals surface area contributed by atoms with E-state index >= 15 is 0 Å². The number of para-hydroxylation sites is 1. The van der Waals surface area contributed by atoms with Gasteiger partial charge in [0.05, 0.1) is 17.5 Å². The van der Waals surface area contributed by atoms with Gasteiger partial charge in [-0.05, 0) is 24.3 Å². The van der Waals surface area contributed by atoms with Crippen LogP contribution >= 0.6 is 0 Å². The van der Waals surface area contributed by atoms with Gasteiger partial charge in [0.1, 0.15) is 6.61 Å². The normalized spacial score (nSPS) is 18.6. The SMILES string of the molecule is O=C1COC(CNS(=O)(=O)c2ccccc2)CN1c1ccccc1. The third-order valence-electron chi connectivity index (χ3n) is 3.75. The summed E-state index contributed by atoms with van der Waals surface area (Å²) in [4.78, 5) is 13.8. The lowest BCUT2D eigenvalue weighted by atomic mass is 10.2. The molecule has 1 aliphatic heterocycles. The predicted octanol–water partition coefficient (Wildman–Crippen LogP) is 1.40. The van der Waals surface area contributed by atoms with Gasteiger partial charge in [-0.2, -0.15) is 0 Å². The van der Waals surface area contributed by atoms with E-state index in [4.69, 9.17) is 4.74 Å². The molecule has 2 aromatic carbocycles. The Balaban J connectivity index is 1.65. The summed E-state index contributed by atoms with van der Waals surface area (Å²) in [6, 6.07) is 17.4. The molecule has 1 saturated heterocycles. The molecule has 6 nitrogen and oxygen atoms in total. The average Bonchev–Trinajstić information content (AvgIpc) is 2.62. The maximum absolute atomic E-state index is 12.2. The highest BCUT2D eigenvalue weighted by Crippen LogP contribution is 2.18. The molecule has 1 atom stereocenters. The largest absolute Gasteiger partial charge is 0.365 e. The van der Waals surface area contributed by atoms with Gasteiger partial charge < -0.3 is 9.64 Å². The molecule has 1 heterocycles. The van der Waals surface area contributed by atoms with Crippen molar-refractivity contribution in [3.63, 3.8) is 0 Å². The Labute approximate surface area is 141 Å². The lowest BCUT2D eigenvalue weighted by Gasteiger charge is -2.32. The maximum atomic E-state index is 12.2. The van der Waals surface area contributed by atoms with E-state index in [0.717, 1.165) is 5.69 Å². The first-order valence-electron chi connectivity index (χ1n) is 7.58. The van der Waals surface area contributed by atoms with Gasteiger partial charge >= 0.3 is 0 Å². The van der Waals surface area contributed by atoms with Crippen molar-refractivity contribution in [3.05, 3.63) is 60.7 Å². The number of nitrogens with zero attached hydrogens (tertiary/aromatic N) is 1. The zero-order chi connectivity index (χ0) is 17.0. The number of anilines is 1. The second kappa shape index (κ2) is 7.12. The molecule has 126 valence electrons. The van der Waals surface area contributed by atoms with Crippen LogP contribution in [0.4, 0.5) is 5.69 Å². The molecule has 3 rings (SSSR count). The van der Waals surface area contributed by atoms with Crippen molar-refractivity contribution in [2.75, 3.05) is 24.6 Å². The minimum Gasteiger partial charge on any atom is -0.365 e. The van der Waals surface area contributed by atoms with Gasteiger partial charge in [-0.3, -0.25) is 4.79 Å². The summed E-state index contributed by atoms with van der Waals surface area (Å²) in [7, 11) is -3.59. The van der Waals surface area contributed by atoms with Crippen LogP contribution in [0.2, 0.25) is 0 Å². The van der Waals surface area contributed by atoms with Crippen LogP contribution in [0.3, 0.4) is 0 Å². The molecule has 0 saturated carbocycles. The zero-order valence-corrected chi connectivity index (χ0v) is 13.8. The van der Waals surface area contributed by atoms with E-state index in [2.05, 4.69) is 4.72 Å². The Kier molecular flexibility index (Phi) is 4.94. The highest BCUT2D eigenvalue weighted by atomic mass is 32.2. The van der Waals surface area contributed by atoms with Crippen molar-refractivity contribution in [2.45, 2.75) is 11.0 Å². The number of sulfonamides is 1. The number of hydrogen-bond acceptors (Lipinski definition) is 4. The van der Waals surface area contributed by atoms with Gasteiger partial charge in [0.2, 0.25) is 10.0 Å². The molecular weight excluding hydrogens is 328 g/mol. The van der Waals surface area contributed by atoms with Gasteiger partial charge in [-0.15, -0.1) is 0 Å². The molecule has 1 N–H and O–H groups in total. The van der Waals surface area contributed by atoms with Crippen LogP contribution < -0.4 is 9.62 Å². The second-order valence-electron chi connectivity index (χ2n) is 5.44. The lowest BCUT2D eigenvalue weighted by molar-refractivity contribution is -0.129. The molecule has 7 heteroatoms. The molecular formula is C17H18N2O4S. The summed E-state index contributed by atoms with van der Waals surface area (Å²) < 4.78 is 32.5. The fraction of sp³-hybridized carbons (Fsp3) is 0.235. The molecule has 0 radical (unpaired) electrons. The molecule has 1 fully saturated rings. The lowest BCUT2D eigenvalue weighted by Crippen LogP contribution is -2.50. The van der Waals surface area contributed by atoms with Crippen molar-refractivity contribution in [3.8, 4) is 0 Å². The summed E-state index contributed by atoms with van der Waals surface area (Å²) in [5.74, 6) is -0.136. The summed E-state index contributed by atoms with van der Waals surface area (Å²) in [5, 5.41) is 0. The van der Waals surface area contributed by atoms with Crippen molar-refractivity contribution in [1.82, 2.24) is 4.72 Å². The Bertz CT molecular complexity index is 794. The number of ether oxygens (including phenoxy) is 1. The van der Waals surface area contributed by atoms with Gasteiger partial charge in [0, 0.05) is 12.2 Å².